The first-order valence-electron chi connectivity index (χ1n) is 10.8. The van der Waals surface area contributed by atoms with Crippen molar-refractivity contribution >= 4 is 17.7 Å². The molecule has 154 valence electrons. The van der Waals surface area contributed by atoms with Crippen LogP contribution in [0.4, 0.5) is 0 Å². The molecule has 3 saturated heterocycles. The highest BCUT2D eigenvalue weighted by molar-refractivity contribution is 6.05. The van der Waals surface area contributed by atoms with Gasteiger partial charge in [0.1, 0.15) is 6.04 Å². The summed E-state index contributed by atoms with van der Waals surface area (Å²) in [6.45, 7) is 3.40. The van der Waals surface area contributed by atoms with Gasteiger partial charge in [0.15, 0.2) is 0 Å². The van der Waals surface area contributed by atoms with E-state index < -0.39 is 6.04 Å². The summed E-state index contributed by atoms with van der Waals surface area (Å²) in [5.74, 6) is -0.141. The molecule has 4 heterocycles. The first-order valence-corrected chi connectivity index (χ1v) is 10.8. The number of nitrogens with zero attached hydrogens (tertiary/aromatic N) is 1. The van der Waals surface area contributed by atoms with Gasteiger partial charge in [0.25, 0.3) is 5.91 Å². The maximum Gasteiger partial charge on any atom is 0.255 e. The van der Waals surface area contributed by atoms with E-state index in [4.69, 9.17) is 0 Å². The van der Waals surface area contributed by atoms with Gasteiger partial charge in [-0.2, -0.15) is 0 Å². The molecule has 0 radical (unpaired) electrons. The maximum absolute atomic E-state index is 13.2. The van der Waals surface area contributed by atoms with Crippen molar-refractivity contribution in [3.8, 4) is 0 Å². The van der Waals surface area contributed by atoms with Gasteiger partial charge < -0.3 is 15.5 Å². The van der Waals surface area contributed by atoms with E-state index in [1.165, 1.54) is 12.8 Å². The molecule has 1 aromatic rings. The molecule has 7 heteroatoms. The largest absolute Gasteiger partial charge is 0.322 e. The molecule has 3 amide bonds. The lowest BCUT2D eigenvalue weighted by Gasteiger charge is -2.36. The highest BCUT2D eigenvalue weighted by Crippen LogP contribution is 2.33. The van der Waals surface area contributed by atoms with Crippen LogP contribution in [0.15, 0.2) is 18.2 Å². The minimum absolute atomic E-state index is 0.0923. The molecular formula is C22H28N4O3. The molecule has 0 aromatic heterocycles. The zero-order chi connectivity index (χ0) is 20.1. The van der Waals surface area contributed by atoms with Crippen molar-refractivity contribution in [1.82, 2.24) is 20.9 Å². The molecule has 0 saturated carbocycles. The SMILES string of the molecule is CC1C(NCc2cccc3c2C(=O)N(C2CCC(=O)NC2=O)C3)CC2CCC1N2. The van der Waals surface area contributed by atoms with E-state index in [0.29, 0.717) is 43.6 Å². The zero-order valence-electron chi connectivity index (χ0n) is 16.7. The molecule has 0 aliphatic carbocycles. The second kappa shape index (κ2) is 7.22. The van der Waals surface area contributed by atoms with Crippen LogP contribution in [-0.2, 0) is 22.7 Å². The number of carbonyl (C=O) groups is 3. The molecule has 5 atom stereocenters. The Kier molecular flexibility index (Phi) is 4.67. The number of benzene rings is 1. The summed E-state index contributed by atoms with van der Waals surface area (Å²) >= 11 is 0. The predicted octanol–water partition coefficient (Wildman–Crippen LogP) is 1.07. The summed E-state index contributed by atoms with van der Waals surface area (Å²) in [5.41, 5.74) is 2.70. The van der Waals surface area contributed by atoms with Crippen LogP contribution in [0.25, 0.3) is 0 Å². The minimum Gasteiger partial charge on any atom is -0.322 e. The van der Waals surface area contributed by atoms with E-state index in [1.807, 2.05) is 18.2 Å². The Morgan fingerprint density at radius 3 is 2.86 bits per heavy atom. The molecule has 29 heavy (non-hydrogen) atoms. The molecular weight excluding hydrogens is 368 g/mol. The second-order valence-electron chi connectivity index (χ2n) is 8.98. The average Bonchev–Trinajstić information content (AvgIpc) is 3.26. The van der Waals surface area contributed by atoms with Crippen LogP contribution in [0.1, 0.15) is 60.5 Å². The number of imide groups is 1. The summed E-state index contributed by atoms with van der Waals surface area (Å²) in [6, 6.07) is 7.07. The predicted molar refractivity (Wildman–Crippen MR) is 107 cm³/mol. The summed E-state index contributed by atoms with van der Waals surface area (Å²) in [4.78, 5) is 38.5. The quantitative estimate of drug-likeness (QED) is 0.663. The van der Waals surface area contributed by atoms with Gasteiger partial charge in [0.2, 0.25) is 11.8 Å². The van der Waals surface area contributed by atoms with Gasteiger partial charge >= 0.3 is 0 Å². The number of piperidine rings is 2. The van der Waals surface area contributed by atoms with E-state index in [0.717, 1.165) is 23.1 Å². The highest BCUT2D eigenvalue weighted by atomic mass is 16.2. The Labute approximate surface area is 170 Å². The van der Waals surface area contributed by atoms with Crippen molar-refractivity contribution in [2.75, 3.05) is 0 Å². The third kappa shape index (κ3) is 3.26. The van der Waals surface area contributed by atoms with Crippen molar-refractivity contribution < 1.29 is 14.4 Å². The van der Waals surface area contributed by atoms with E-state index in [1.54, 1.807) is 4.90 Å². The molecule has 5 unspecified atom stereocenters. The molecule has 3 fully saturated rings. The molecule has 5 rings (SSSR count). The van der Waals surface area contributed by atoms with Gasteiger partial charge in [-0.3, -0.25) is 19.7 Å². The van der Waals surface area contributed by atoms with Crippen molar-refractivity contribution in [3.63, 3.8) is 0 Å². The third-order valence-corrected chi connectivity index (χ3v) is 7.28. The Bertz CT molecular complexity index is 870. The number of hydrogen-bond donors (Lipinski definition) is 3. The normalized spacial score (nSPS) is 33.8. The van der Waals surface area contributed by atoms with Crippen LogP contribution in [0.2, 0.25) is 0 Å². The van der Waals surface area contributed by atoms with E-state index in [-0.39, 0.29) is 24.1 Å². The first-order chi connectivity index (χ1) is 14.0. The summed E-state index contributed by atoms with van der Waals surface area (Å²) in [5, 5.41) is 9.78. The zero-order valence-corrected chi connectivity index (χ0v) is 16.7. The van der Waals surface area contributed by atoms with E-state index >= 15 is 0 Å². The van der Waals surface area contributed by atoms with E-state index in [9.17, 15) is 14.4 Å². The fourth-order valence-electron chi connectivity index (χ4n) is 5.60. The highest BCUT2D eigenvalue weighted by Gasteiger charge is 2.41. The Hall–Kier alpha value is -2.25. The number of fused-ring (bicyclic) bond motifs is 3. The van der Waals surface area contributed by atoms with Crippen LogP contribution in [-0.4, -0.2) is 46.8 Å². The summed E-state index contributed by atoms with van der Waals surface area (Å²) < 4.78 is 0. The first kappa shape index (κ1) is 18.8. The van der Waals surface area contributed by atoms with Gasteiger partial charge in [-0.15, -0.1) is 0 Å². The van der Waals surface area contributed by atoms with Gasteiger partial charge in [-0.1, -0.05) is 25.1 Å². The van der Waals surface area contributed by atoms with Crippen LogP contribution < -0.4 is 16.0 Å². The fraction of sp³-hybridized carbons (Fsp3) is 0.591. The average molecular weight is 396 g/mol. The minimum atomic E-state index is -0.562. The standard InChI is InChI=1S/C22H28N4O3/c1-12-16-6-5-15(24-16)9-17(12)23-10-13-3-2-4-14-11-26(22(29)20(13)14)18-7-8-19(27)25-21(18)28/h2-4,12,15-18,23-24H,5-11H2,1H3,(H,25,27,28). The Morgan fingerprint density at radius 2 is 2.03 bits per heavy atom. The van der Waals surface area contributed by atoms with Crippen LogP contribution in [0.3, 0.4) is 0 Å². The maximum atomic E-state index is 13.2. The molecule has 1 aromatic carbocycles. The van der Waals surface area contributed by atoms with Gasteiger partial charge in [-0.05, 0) is 42.7 Å². The number of rotatable bonds is 4. The smallest absolute Gasteiger partial charge is 0.255 e. The third-order valence-electron chi connectivity index (χ3n) is 7.28. The molecule has 0 spiro atoms. The van der Waals surface area contributed by atoms with Gasteiger partial charge in [0, 0.05) is 43.2 Å². The molecule has 7 nitrogen and oxygen atoms in total. The monoisotopic (exact) mass is 396 g/mol. The Balaban J connectivity index is 1.31. The van der Waals surface area contributed by atoms with Crippen molar-refractivity contribution in [1.29, 1.82) is 0 Å². The summed E-state index contributed by atoms with van der Waals surface area (Å²) in [6.07, 6.45) is 4.31. The fourth-order valence-corrected chi connectivity index (χ4v) is 5.60. The molecule has 4 aliphatic rings. The Morgan fingerprint density at radius 1 is 1.17 bits per heavy atom. The lowest BCUT2D eigenvalue weighted by molar-refractivity contribution is -0.136. The number of carbonyl (C=O) groups excluding carboxylic acids is 3. The van der Waals surface area contributed by atoms with Crippen molar-refractivity contribution in [2.24, 2.45) is 5.92 Å². The summed E-state index contributed by atoms with van der Waals surface area (Å²) in [7, 11) is 0. The van der Waals surface area contributed by atoms with Crippen LogP contribution in [0, 0.1) is 5.92 Å². The molecule has 3 N–H and O–H groups in total. The number of hydrogen-bond acceptors (Lipinski definition) is 5. The van der Waals surface area contributed by atoms with Crippen LogP contribution in [0.5, 0.6) is 0 Å². The van der Waals surface area contributed by atoms with Crippen molar-refractivity contribution in [3.05, 3.63) is 34.9 Å². The topological polar surface area (TPSA) is 90.5 Å². The molecule has 4 aliphatic heterocycles. The number of nitrogens with one attached hydrogen (secondary N) is 3. The lowest BCUT2D eigenvalue weighted by atomic mass is 9.88. The van der Waals surface area contributed by atoms with E-state index in [2.05, 4.69) is 22.9 Å². The van der Waals surface area contributed by atoms with Gasteiger partial charge in [-0.25, -0.2) is 0 Å². The molecule has 2 bridgehead atoms. The lowest BCUT2D eigenvalue weighted by Crippen LogP contribution is -2.52. The van der Waals surface area contributed by atoms with Crippen LogP contribution >= 0.6 is 0 Å². The number of amides is 3. The van der Waals surface area contributed by atoms with Gasteiger partial charge in [0.05, 0.1) is 0 Å². The second-order valence-corrected chi connectivity index (χ2v) is 8.98. The van der Waals surface area contributed by atoms with Crippen molar-refractivity contribution in [2.45, 2.75) is 76.3 Å².